The van der Waals surface area contributed by atoms with Gasteiger partial charge in [-0.05, 0) is 59.8 Å². The fourth-order valence-corrected chi connectivity index (χ4v) is 5.52. The molecule has 4 nitrogen and oxygen atoms in total. The maximum absolute atomic E-state index is 12.6. The molecule has 2 aliphatic heterocycles. The lowest BCUT2D eigenvalue weighted by Crippen LogP contribution is -2.59. The van der Waals surface area contributed by atoms with E-state index in [0.29, 0.717) is 13.1 Å². The largest absolute Gasteiger partial charge is 0.401 e. The summed E-state index contributed by atoms with van der Waals surface area (Å²) in [6.45, 7) is 17.9. The van der Waals surface area contributed by atoms with Gasteiger partial charge in [0, 0.05) is 69.5 Å². The van der Waals surface area contributed by atoms with Gasteiger partial charge in [0.2, 0.25) is 0 Å². The molecular formula is C22H41F3N4. The predicted octanol–water partition coefficient (Wildman–Crippen LogP) is 3.53. The van der Waals surface area contributed by atoms with Gasteiger partial charge in [-0.25, -0.2) is 0 Å². The van der Waals surface area contributed by atoms with Crippen LogP contribution in [0, 0.1) is 5.92 Å². The van der Waals surface area contributed by atoms with E-state index in [4.69, 9.17) is 0 Å². The summed E-state index contributed by atoms with van der Waals surface area (Å²) >= 11 is 0. The van der Waals surface area contributed by atoms with Crippen molar-refractivity contribution in [3.8, 4) is 0 Å². The van der Waals surface area contributed by atoms with E-state index >= 15 is 0 Å². The highest BCUT2D eigenvalue weighted by Gasteiger charge is 2.41. The number of nitrogens with zero attached hydrogens (tertiary/aromatic N) is 4. The van der Waals surface area contributed by atoms with Gasteiger partial charge in [0.25, 0.3) is 0 Å². The van der Waals surface area contributed by atoms with Gasteiger partial charge in [-0.2, -0.15) is 13.2 Å². The Hall–Kier alpha value is -0.370. The Morgan fingerprint density at radius 2 is 1.24 bits per heavy atom. The first-order valence-corrected chi connectivity index (χ1v) is 11.4. The first-order valence-electron chi connectivity index (χ1n) is 11.4. The number of rotatable bonds is 5. The van der Waals surface area contributed by atoms with E-state index in [1.54, 1.807) is 4.90 Å². The van der Waals surface area contributed by atoms with Gasteiger partial charge in [0.15, 0.2) is 0 Å². The molecule has 0 aromatic heterocycles. The van der Waals surface area contributed by atoms with Crippen molar-refractivity contribution in [2.24, 2.45) is 5.92 Å². The molecule has 0 amide bonds. The molecule has 0 radical (unpaired) electrons. The number of alkyl halides is 3. The second kappa shape index (κ2) is 8.64. The van der Waals surface area contributed by atoms with Gasteiger partial charge < -0.3 is 0 Å². The van der Waals surface area contributed by atoms with E-state index in [1.807, 2.05) is 0 Å². The van der Waals surface area contributed by atoms with Gasteiger partial charge >= 0.3 is 6.18 Å². The Labute approximate surface area is 175 Å². The third kappa shape index (κ3) is 6.31. The van der Waals surface area contributed by atoms with Crippen molar-refractivity contribution in [3.05, 3.63) is 0 Å². The van der Waals surface area contributed by atoms with Crippen LogP contribution in [0.3, 0.4) is 0 Å². The van der Waals surface area contributed by atoms with Crippen LogP contribution in [0.2, 0.25) is 0 Å². The zero-order valence-corrected chi connectivity index (χ0v) is 19.1. The SMILES string of the molecule is CC(C)(C)N1CCN(C2CC(CC(C)(C)N3CCN(CC(F)(F)F)CC3)C2)CC1. The van der Waals surface area contributed by atoms with E-state index < -0.39 is 12.7 Å². The number of hydrogen-bond donors (Lipinski definition) is 0. The molecule has 2 heterocycles. The first kappa shape index (κ1) is 23.3. The Balaban J connectivity index is 1.38. The Morgan fingerprint density at radius 1 is 0.724 bits per heavy atom. The Morgan fingerprint density at radius 3 is 1.72 bits per heavy atom. The summed E-state index contributed by atoms with van der Waals surface area (Å²) in [6.07, 6.45) is -0.359. The highest BCUT2D eigenvalue weighted by atomic mass is 19.4. The van der Waals surface area contributed by atoms with E-state index in [-0.39, 0.29) is 11.1 Å². The molecule has 0 atom stereocenters. The zero-order valence-electron chi connectivity index (χ0n) is 19.1. The smallest absolute Gasteiger partial charge is 0.298 e. The minimum absolute atomic E-state index is 0.0743. The standard InChI is InChI=1S/C22H41F3N4/c1-20(2,3)28-12-8-27(9-13-28)19-14-18(15-19)16-21(4,5)29-10-6-26(7-11-29)17-22(23,24)25/h18-19H,6-17H2,1-5H3. The van der Waals surface area contributed by atoms with Crippen LogP contribution in [0.15, 0.2) is 0 Å². The van der Waals surface area contributed by atoms with Crippen LogP contribution in [0.5, 0.6) is 0 Å². The van der Waals surface area contributed by atoms with Crippen LogP contribution in [-0.4, -0.2) is 102 Å². The predicted molar refractivity (Wildman–Crippen MR) is 112 cm³/mol. The fraction of sp³-hybridized carbons (Fsp3) is 1.00. The van der Waals surface area contributed by atoms with Crippen molar-refractivity contribution in [1.29, 1.82) is 0 Å². The average Bonchev–Trinajstić information content (AvgIpc) is 2.56. The molecule has 0 N–H and O–H groups in total. The Kier molecular flexibility index (Phi) is 6.94. The molecule has 1 aliphatic carbocycles. The average molecular weight is 419 g/mol. The molecule has 3 rings (SSSR count). The summed E-state index contributed by atoms with van der Waals surface area (Å²) in [4.78, 5) is 9.22. The fourth-order valence-electron chi connectivity index (χ4n) is 5.52. The molecule has 3 fully saturated rings. The molecular weight excluding hydrogens is 377 g/mol. The molecule has 170 valence electrons. The summed E-state index contributed by atoms with van der Waals surface area (Å²) in [5.41, 5.74) is 0.341. The van der Waals surface area contributed by atoms with Crippen molar-refractivity contribution in [3.63, 3.8) is 0 Å². The summed E-state index contributed by atoms with van der Waals surface area (Å²) < 4.78 is 37.8. The third-order valence-electron chi connectivity index (χ3n) is 7.41. The highest BCUT2D eigenvalue weighted by molar-refractivity contribution is 4.96. The monoisotopic (exact) mass is 418 g/mol. The van der Waals surface area contributed by atoms with Crippen LogP contribution in [0.25, 0.3) is 0 Å². The highest BCUT2D eigenvalue weighted by Crippen LogP contribution is 2.39. The minimum atomic E-state index is -4.09. The lowest BCUT2D eigenvalue weighted by molar-refractivity contribution is -0.151. The number of piperazine rings is 2. The number of halogens is 3. The molecule has 0 unspecified atom stereocenters. The van der Waals surface area contributed by atoms with Crippen molar-refractivity contribution >= 4 is 0 Å². The molecule has 1 saturated carbocycles. The van der Waals surface area contributed by atoms with Gasteiger partial charge in [-0.15, -0.1) is 0 Å². The molecule has 0 aromatic carbocycles. The zero-order chi connectivity index (χ0) is 21.4. The van der Waals surface area contributed by atoms with E-state index in [9.17, 15) is 13.2 Å². The van der Waals surface area contributed by atoms with E-state index in [0.717, 1.165) is 31.5 Å². The minimum Gasteiger partial charge on any atom is -0.298 e. The van der Waals surface area contributed by atoms with Gasteiger partial charge in [0.1, 0.15) is 0 Å². The third-order valence-corrected chi connectivity index (χ3v) is 7.41. The summed E-state index contributed by atoms with van der Waals surface area (Å²) in [7, 11) is 0. The van der Waals surface area contributed by atoms with Crippen LogP contribution in [-0.2, 0) is 0 Å². The van der Waals surface area contributed by atoms with Crippen molar-refractivity contribution < 1.29 is 13.2 Å². The van der Waals surface area contributed by atoms with Crippen LogP contribution in [0.1, 0.15) is 53.9 Å². The molecule has 0 aromatic rings. The molecule has 29 heavy (non-hydrogen) atoms. The summed E-state index contributed by atoms with van der Waals surface area (Å²) in [6, 6.07) is 0.738. The maximum atomic E-state index is 12.6. The molecule has 0 bridgehead atoms. The topological polar surface area (TPSA) is 13.0 Å². The molecule has 3 aliphatic rings. The van der Waals surface area contributed by atoms with Crippen LogP contribution < -0.4 is 0 Å². The normalized spacial score (nSPS) is 29.8. The Bertz CT molecular complexity index is 521. The molecule has 2 saturated heterocycles. The van der Waals surface area contributed by atoms with Crippen molar-refractivity contribution in [2.45, 2.75) is 77.2 Å². The lowest BCUT2D eigenvalue weighted by atomic mass is 9.72. The van der Waals surface area contributed by atoms with Gasteiger partial charge in [0.05, 0.1) is 6.54 Å². The maximum Gasteiger partial charge on any atom is 0.401 e. The van der Waals surface area contributed by atoms with Crippen LogP contribution in [0.4, 0.5) is 13.2 Å². The summed E-state index contributed by atoms with van der Waals surface area (Å²) in [5.74, 6) is 0.754. The van der Waals surface area contributed by atoms with Crippen molar-refractivity contribution in [1.82, 2.24) is 19.6 Å². The molecule has 0 spiro atoms. The van der Waals surface area contributed by atoms with E-state index in [1.165, 1.54) is 39.0 Å². The second-order valence-electron chi connectivity index (χ2n) is 11.1. The first-order chi connectivity index (χ1) is 13.3. The molecule has 7 heteroatoms. The number of hydrogen-bond acceptors (Lipinski definition) is 4. The quantitative estimate of drug-likeness (QED) is 0.677. The van der Waals surface area contributed by atoms with Crippen LogP contribution >= 0.6 is 0 Å². The van der Waals surface area contributed by atoms with Gasteiger partial charge in [-0.1, -0.05) is 0 Å². The van der Waals surface area contributed by atoms with Crippen molar-refractivity contribution in [2.75, 3.05) is 58.9 Å². The second-order valence-corrected chi connectivity index (χ2v) is 11.1. The summed E-state index contributed by atoms with van der Waals surface area (Å²) in [5, 5.41) is 0. The van der Waals surface area contributed by atoms with Gasteiger partial charge in [-0.3, -0.25) is 19.6 Å². The van der Waals surface area contributed by atoms with E-state index in [2.05, 4.69) is 49.3 Å². The lowest BCUT2D eigenvalue weighted by Gasteiger charge is -2.51.